The Labute approximate surface area is 178 Å². The van der Waals surface area contributed by atoms with Gasteiger partial charge in [0.25, 0.3) is 0 Å². The second-order valence-electron chi connectivity index (χ2n) is 7.39. The maximum Gasteiger partial charge on any atom is 0.220 e. The molecule has 0 spiro atoms. The normalized spacial score (nSPS) is 21.5. The average Bonchev–Trinajstić information content (AvgIpc) is 2.60. The number of carbonyl (C=O) groups excluding carboxylic acids is 1. The number of nitrogens with one attached hydrogen (secondary N) is 2. The van der Waals surface area contributed by atoms with Crippen LogP contribution in [-0.2, 0) is 4.79 Å². The van der Waals surface area contributed by atoms with Gasteiger partial charge in [-0.15, -0.1) is 37.2 Å². The van der Waals surface area contributed by atoms with Crippen LogP contribution in [0.4, 0.5) is 0 Å². The molecule has 2 aliphatic rings. The van der Waals surface area contributed by atoms with Crippen molar-refractivity contribution >= 4 is 43.1 Å². The zero-order valence-corrected chi connectivity index (χ0v) is 19.0. The van der Waals surface area contributed by atoms with E-state index < -0.39 is 0 Å². The van der Waals surface area contributed by atoms with E-state index in [1.807, 2.05) is 0 Å². The summed E-state index contributed by atoms with van der Waals surface area (Å²) in [7, 11) is 0. The first-order chi connectivity index (χ1) is 11.1. The van der Waals surface area contributed by atoms with Gasteiger partial charge in [0.05, 0.1) is 0 Å². The Bertz CT molecular complexity index is 362. The van der Waals surface area contributed by atoms with Crippen LogP contribution < -0.4 is 10.6 Å². The van der Waals surface area contributed by atoms with E-state index in [2.05, 4.69) is 41.2 Å². The Kier molecular flexibility index (Phi) is 16.6. The largest absolute Gasteiger partial charge is 0.355 e. The van der Waals surface area contributed by atoms with Crippen LogP contribution in [0.2, 0.25) is 0 Å². The molecule has 0 bridgehead atoms. The molecule has 26 heavy (non-hydrogen) atoms. The van der Waals surface area contributed by atoms with Gasteiger partial charge in [-0.2, -0.15) is 0 Å². The summed E-state index contributed by atoms with van der Waals surface area (Å²) in [5, 5.41) is 6.56. The van der Waals surface area contributed by atoms with E-state index in [0.717, 1.165) is 52.4 Å². The lowest BCUT2D eigenvalue weighted by Gasteiger charge is -2.37. The van der Waals surface area contributed by atoms with E-state index >= 15 is 0 Å². The van der Waals surface area contributed by atoms with Crippen LogP contribution in [0.25, 0.3) is 0 Å². The van der Waals surface area contributed by atoms with Crippen molar-refractivity contribution in [1.82, 2.24) is 20.4 Å². The van der Waals surface area contributed by atoms with Gasteiger partial charge in [-0.1, -0.05) is 13.8 Å². The summed E-state index contributed by atoms with van der Waals surface area (Å²) in [6.07, 6.45) is 3.11. The van der Waals surface area contributed by atoms with Crippen molar-refractivity contribution in [3.63, 3.8) is 0 Å². The van der Waals surface area contributed by atoms with Crippen molar-refractivity contribution in [3.05, 3.63) is 0 Å². The van der Waals surface area contributed by atoms with Crippen molar-refractivity contribution < 1.29 is 4.79 Å². The zero-order valence-electron chi connectivity index (χ0n) is 16.5. The second-order valence-corrected chi connectivity index (χ2v) is 7.39. The summed E-state index contributed by atoms with van der Waals surface area (Å²) < 4.78 is 0. The number of hydrogen-bond donors (Lipinski definition) is 2. The Morgan fingerprint density at radius 2 is 1.65 bits per heavy atom. The second kappa shape index (κ2) is 15.2. The van der Waals surface area contributed by atoms with Crippen LogP contribution in [0.15, 0.2) is 0 Å². The lowest BCUT2D eigenvalue weighted by atomic mass is 9.84. The number of carbonyl (C=O) groups is 1. The van der Waals surface area contributed by atoms with Crippen LogP contribution in [0.3, 0.4) is 0 Å². The van der Waals surface area contributed by atoms with E-state index in [1.165, 1.54) is 12.8 Å². The number of nitrogens with zero attached hydrogens (tertiary/aromatic N) is 2. The Morgan fingerprint density at radius 3 is 2.19 bits per heavy atom. The number of piperazine rings is 1. The Hall–Kier alpha value is 0.220. The van der Waals surface area contributed by atoms with E-state index in [1.54, 1.807) is 0 Å². The number of amides is 1. The lowest BCUT2D eigenvalue weighted by Crippen LogP contribution is -2.52. The van der Waals surface area contributed by atoms with Crippen LogP contribution in [0, 0.1) is 11.8 Å². The van der Waals surface area contributed by atoms with Gasteiger partial charge in [-0.25, -0.2) is 0 Å². The molecule has 2 heterocycles. The lowest BCUT2D eigenvalue weighted by molar-refractivity contribution is -0.122. The maximum atomic E-state index is 12.2. The molecule has 2 fully saturated rings. The van der Waals surface area contributed by atoms with Crippen molar-refractivity contribution in [2.75, 3.05) is 52.4 Å². The van der Waals surface area contributed by atoms with Crippen LogP contribution in [0.5, 0.6) is 0 Å². The monoisotopic (exact) mass is 432 g/mol. The molecule has 2 saturated heterocycles. The van der Waals surface area contributed by atoms with Gasteiger partial charge < -0.3 is 15.5 Å². The van der Waals surface area contributed by atoms with Gasteiger partial charge in [0, 0.05) is 45.2 Å². The molecule has 8 heteroatoms. The van der Waals surface area contributed by atoms with E-state index in [0.29, 0.717) is 24.3 Å². The SMILES string of the molecule is CCN1CCN(C(C)CNC(=O)CC(C)C2CCNCC2)CC1.Cl.Cl.Cl. The summed E-state index contributed by atoms with van der Waals surface area (Å²) in [5.74, 6) is 1.44. The van der Waals surface area contributed by atoms with Crippen molar-refractivity contribution in [2.45, 2.75) is 46.1 Å². The molecule has 0 radical (unpaired) electrons. The number of hydrogen-bond acceptors (Lipinski definition) is 4. The highest BCUT2D eigenvalue weighted by Crippen LogP contribution is 2.24. The summed E-state index contributed by atoms with van der Waals surface area (Å²) in [5.41, 5.74) is 0. The predicted octanol–water partition coefficient (Wildman–Crippen LogP) is 2.42. The summed E-state index contributed by atoms with van der Waals surface area (Å²) in [6, 6.07) is 0.437. The minimum absolute atomic E-state index is 0. The Morgan fingerprint density at radius 1 is 1.08 bits per heavy atom. The molecule has 0 aromatic rings. The molecule has 5 nitrogen and oxygen atoms in total. The molecule has 0 aliphatic carbocycles. The molecule has 2 unspecified atom stereocenters. The topological polar surface area (TPSA) is 47.6 Å². The third kappa shape index (κ3) is 9.43. The minimum atomic E-state index is 0. The molecule has 158 valence electrons. The number of piperidine rings is 1. The summed E-state index contributed by atoms with van der Waals surface area (Å²) in [4.78, 5) is 17.2. The molecule has 2 N–H and O–H groups in total. The molecule has 2 atom stereocenters. The van der Waals surface area contributed by atoms with E-state index in [9.17, 15) is 4.79 Å². The fourth-order valence-corrected chi connectivity index (χ4v) is 3.86. The van der Waals surface area contributed by atoms with E-state index in [4.69, 9.17) is 0 Å². The van der Waals surface area contributed by atoms with Crippen LogP contribution in [0.1, 0.15) is 40.0 Å². The maximum absolute atomic E-state index is 12.2. The molecular formula is C18H39Cl3N4O. The summed E-state index contributed by atoms with van der Waals surface area (Å²) >= 11 is 0. The highest BCUT2D eigenvalue weighted by atomic mass is 35.5. The van der Waals surface area contributed by atoms with Crippen molar-refractivity contribution in [1.29, 1.82) is 0 Å². The zero-order chi connectivity index (χ0) is 16.7. The standard InChI is InChI=1S/C18H36N4O.3ClH/c1-4-21-9-11-22(12-10-21)16(3)14-20-18(23)13-15(2)17-5-7-19-8-6-17;;;/h15-17,19H,4-14H2,1-3H3,(H,20,23);3*1H. The number of rotatable bonds is 7. The first-order valence-corrected chi connectivity index (χ1v) is 9.54. The number of likely N-dealkylation sites (N-methyl/N-ethyl adjacent to an activating group) is 1. The molecule has 0 aromatic carbocycles. The van der Waals surface area contributed by atoms with Gasteiger partial charge in [-0.05, 0) is 51.2 Å². The highest BCUT2D eigenvalue weighted by Gasteiger charge is 2.23. The first-order valence-electron chi connectivity index (χ1n) is 9.54. The quantitative estimate of drug-likeness (QED) is 0.647. The molecular weight excluding hydrogens is 395 g/mol. The number of halogens is 3. The fourth-order valence-electron chi connectivity index (χ4n) is 3.86. The van der Waals surface area contributed by atoms with Crippen LogP contribution in [-0.4, -0.2) is 74.1 Å². The molecule has 2 aliphatic heterocycles. The van der Waals surface area contributed by atoms with Gasteiger partial charge in [0.2, 0.25) is 5.91 Å². The fraction of sp³-hybridized carbons (Fsp3) is 0.944. The average molecular weight is 434 g/mol. The van der Waals surface area contributed by atoms with Crippen LogP contribution >= 0.6 is 37.2 Å². The third-order valence-electron chi connectivity index (χ3n) is 5.77. The highest BCUT2D eigenvalue weighted by molar-refractivity contribution is 5.86. The predicted molar refractivity (Wildman–Crippen MR) is 117 cm³/mol. The summed E-state index contributed by atoms with van der Waals surface area (Å²) in [6.45, 7) is 15.4. The van der Waals surface area contributed by atoms with Gasteiger partial charge in [-0.3, -0.25) is 9.69 Å². The third-order valence-corrected chi connectivity index (χ3v) is 5.77. The first kappa shape index (κ1) is 28.4. The minimum Gasteiger partial charge on any atom is -0.355 e. The van der Waals surface area contributed by atoms with E-state index in [-0.39, 0.29) is 43.1 Å². The molecule has 0 aromatic heterocycles. The smallest absolute Gasteiger partial charge is 0.220 e. The van der Waals surface area contributed by atoms with Gasteiger partial charge >= 0.3 is 0 Å². The Balaban J connectivity index is 0. The molecule has 1 amide bonds. The van der Waals surface area contributed by atoms with Crippen molar-refractivity contribution in [3.8, 4) is 0 Å². The molecule has 2 rings (SSSR count). The van der Waals surface area contributed by atoms with Crippen molar-refractivity contribution in [2.24, 2.45) is 11.8 Å². The van der Waals surface area contributed by atoms with Gasteiger partial charge in [0.15, 0.2) is 0 Å². The van der Waals surface area contributed by atoms with Gasteiger partial charge in [0.1, 0.15) is 0 Å². The molecule has 0 saturated carbocycles.